The minimum absolute atomic E-state index is 0.125. The second kappa shape index (κ2) is 10.5. The normalized spacial score (nSPS) is 19.5. The Morgan fingerprint density at radius 1 is 0.848 bits per heavy atom. The zero-order valence-corrected chi connectivity index (χ0v) is 19.6. The highest BCUT2D eigenvalue weighted by atomic mass is 35.5. The number of fused-ring (bicyclic) bond motifs is 1. The SMILES string of the molecule is CC[C@@H]1OC(c2ccccc2[C@@H](C[N+](=O)[O-])c2ccc(Cl)cc2)O[C@@H](CC)c2ccccc21. The number of nitrogens with zero attached hydrogens (tertiary/aromatic N) is 1. The van der Waals surface area contributed by atoms with Crippen molar-refractivity contribution in [2.75, 3.05) is 6.54 Å². The predicted molar refractivity (Wildman–Crippen MR) is 129 cm³/mol. The van der Waals surface area contributed by atoms with Gasteiger partial charge in [-0.3, -0.25) is 10.1 Å². The van der Waals surface area contributed by atoms with Crippen molar-refractivity contribution in [1.29, 1.82) is 0 Å². The maximum atomic E-state index is 11.6. The Balaban J connectivity index is 1.78. The van der Waals surface area contributed by atoms with Crippen LogP contribution in [-0.4, -0.2) is 11.5 Å². The maximum Gasteiger partial charge on any atom is 0.214 e. The molecule has 0 aromatic heterocycles. The van der Waals surface area contributed by atoms with Crippen LogP contribution in [0.5, 0.6) is 0 Å². The first-order valence-corrected chi connectivity index (χ1v) is 11.7. The van der Waals surface area contributed by atoms with E-state index in [0.29, 0.717) is 5.02 Å². The first-order chi connectivity index (χ1) is 16.0. The molecular weight excluding hydrogens is 438 g/mol. The van der Waals surface area contributed by atoms with Crippen LogP contribution in [0.15, 0.2) is 72.8 Å². The molecule has 3 aromatic carbocycles. The summed E-state index contributed by atoms with van der Waals surface area (Å²) in [5.74, 6) is -0.452. The Labute approximate surface area is 199 Å². The molecule has 6 heteroatoms. The summed E-state index contributed by atoms with van der Waals surface area (Å²) in [7, 11) is 0. The zero-order chi connectivity index (χ0) is 23.4. The van der Waals surface area contributed by atoms with Crippen LogP contribution >= 0.6 is 11.6 Å². The van der Waals surface area contributed by atoms with Crippen molar-refractivity contribution >= 4 is 11.6 Å². The molecule has 3 aromatic rings. The molecule has 0 fully saturated rings. The van der Waals surface area contributed by atoms with Gasteiger partial charge in [-0.25, -0.2) is 0 Å². The number of hydrogen-bond donors (Lipinski definition) is 0. The van der Waals surface area contributed by atoms with Crippen LogP contribution in [-0.2, 0) is 9.47 Å². The molecule has 0 saturated heterocycles. The van der Waals surface area contributed by atoms with Crippen LogP contribution in [0, 0.1) is 10.1 Å². The van der Waals surface area contributed by atoms with Gasteiger partial charge >= 0.3 is 0 Å². The van der Waals surface area contributed by atoms with Crippen molar-refractivity contribution in [3.05, 3.63) is 116 Å². The van der Waals surface area contributed by atoms with Gasteiger partial charge in [-0.05, 0) is 47.2 Å². The number of halogens is 1. The second-order valence-electron chi connectivity index (χ2n) is 8.28. The van der Waals surface area contributed by atoms with Crippen molar-refractivity contribution in [3.8, 4) is 0 Å². The van der Waals surface area contributed by atoms with Gasteiger partial charge in [0.1, 0.15) is 0 Å². The van der Waals surface area contributed by atoms with E-state index >= 15 is 0 Å². The van der Waals surface area contributed by atoms with E-state index in [2.05, 4.69) is 26.0 Å². The van der Waals surface area contributed by atoms with Gasteiger partial charge in [-0.15, -0.1) is 0 Å². The molecule has 33 heavy (non-hydrogen) atoms. The quantitative estimate of drug-likeness (QED) is 0.269. The van der Waals surface area contributed by atoms with E-state index in [-0.39, 0.29) is 23.7 Å². The maximum absolute atomic E-state index is 11.6. The van der Waals surface area contributed by atoms with Crippen molar-refractivity contribution in [2.45, 2.75) is 51.1 Å². The van der Waals surface area contributed by atoms with Gasteiger partial charge in [0.05, 0.1) is 18.1 Å². The summed E-state index contributed by atoms with van der Waals surface area (Å²) in [5, 5.41) is 12.2. The van der Waals surface area contributed by atoms with E-state index in [1.54, 1.807) is 12.1 Å². The molecular formula is C27H28ClNO4. The lowest BCUT2D eigenvalue weighted by molar-refractivity contribution is -0.481. The number of rotatable bonds is 7. The first-order valence-electron chi connectivity index (χ1n) is 11.4. The van der Waals surface area contributed by atoms with E-state index in [1.165, 1.54) is 0 Å². The smallest absolute Gasteiger partial charge is 0.214 e. The molecule has 172 valence electrons. The van der Waals surface area contributed by atoms with E-state index in [0.717, 1.165) is 40.7 Å². The van der Waals surface area contributed by atoms with Crippen LogP contribution in [0.1, 0.15) is 78.9 Å². The van der Waals surface area contributed by atoms with Crippen molar-refractivity contribution < 1.29 is 14.4 Å². The van der Waals surface area contributed by atoms with E-state index < -0.39 is 12.2 Å². The summed E-state index contributed by atoms with van der Waals surface area (Å²) < 4.78 is 13.1. The molecule has 0 radical (unpaired) electrons. The summed E-state index contributed by atoms with van der Waals surface area (Å²) in [6.07, 6.45) is 0.710. The summed E-state index contributed by atoms with van der Waals surface area (Å²) in [6, 6.07) is 23.2. The molecule has 0 bridgehead atoms. The van der Waals surface area contributed by atoms with E-state index in [9.17, 15) is 10.1 Å². The standard InChI is InChI=1S/C27H28ClNO4/c1-3-25-21-10-6-7-11-22(21)26(4-2)33-27(32-25)23-12-8-5-9-20(23)24(17-29(30)31)18-13-15-19(28)16-14-18/h5-16,24-27H,3-4,17H2,1-2H3/t24-,25-,26-/m0/s1. The van der Waals surface area contributed by atoms with Crippen LogP contribution in [0.3, 0.4) is 0 Å². The predicted octanol–water partition coefficient (Wildman–Crippen LogP) is 7.40. The number of hydrogen-bond acceptors (Lipinski definition) is 4. The summed E-state index contributed by atoms with van der Waals surface area (Å²) in [4.78, 5) is 11.4. The Morgan fingerprint density at radius 3 is 1.88 bits per heavy atom. The highest BCUT2D eigenvalue weighted by Gasteiger charge is 2.33. The molecule has 3 atom stereocenters. The Hall–Kier alpha value is -2.73. The molecule has 0 unspecified atom stereocenters. The van der Waals surface area contributed by atoms with Crippen molar-refractivity contribution in [3.63, 3.8) is 0 Å². The van der Waals surface area contributed by atoms with Crippen LogP contribution in [0.4, 0.5) is 0 Å². The van der Waals surface area contributed by atoms with Crippen LogP contribution < -0.4 is 0 Å². The number of nitro groups is 1. The Bertz CT molecular complexity index is 1070. The van der Waals surface area contributed by atoms with Gasteiger partial charge in [0.15, 0.2) is 6.29 Å². The lowest BCUT2D eigenvalue weighted by Gasteiger charge is -2.27. The highest BCUT2D eigenvalue weighted by molar-refractivity contribution is 6.30. The largest absolute Gasteiger partial charge is 0.340 e. The average Bonchev–Trinajstić information content (AvgIpc) is 3.00. The lowest BCUT2D eigenvalue weighted by atomic mass is 9.88. The lowest BCUT2D eigenvalue weighted by Crippen LogP contribution is -2.19. The van der Waals surface area contributed by atoms with Gasteiger partial charge in [0.2, 0.25) is 6.54 Å². The molecule has 0 spiro atoms. The summed E-state index contributed by atoms with van der Waals surface area (Å²) in [5.41, 5.74) is 4.78. The molecule has 1 heterocycles. The third kappa shape index (κ3) is 5.11. The fourth-order valence-corrected chi connectivity index (χ4v) is 4.75. The van der Waals surface area contributed by atoms with Gasteiger partial charge in [-0.1, -0.05) is 86.1 Å². The fraction of sp³-hybridized carbons (Fsp3) is 0.333. The molecule has 0 amide bonds. The van der Waals surface area contributed by atoms with Gasteiger partial charge < -0.3 is 9.47 Å². The minimum Gasteiger partial charge on any atom is -0.340 e. The van der Waals surface area contributed by atoms with Gasteiger partial charge in [0.25, 0.3) is 0 Å². The third-order valence-electron chi connectivity index (χ3n) is 6.24. The highest BCUT2D eigenvalue weighted by Crippen LogP contribution is 2.44. The van der Waals surface area contributed by atoms with Crippen molar-refractivity contribution in [2.24, 2.45) is 0 Å². The van der Waals surface area contributed by atoms with Gasteiger partial charge in [-0.2, -0.15) is 0 Å². The molecule has 1 aliphatic rings. The monoisotopic (exact) mass is 465 g/mol. The van der Waals surface area contributed by atoms with E-state index in [1.807, 2.05) is 48.5 Å². The molecule has 4 rings (SSSR count). The Kier molecular flexibility index (Phi) is 7.43. The molecule has 0 aliphatic carbocycles. The second-order valence-corrected chi connectivity index (χ2v) is 8.71. The van der Waals surface area contributed by atoms with E-state index in [4.69, 9.17) is 21.1 Å². The first kappa shape index (κ1) is 23.4. The molecule has 0 saturated carbocycles. The summed E-state index contributed by atoms with van der Waals surface area (Å²) >= 11 is 6.07. The minimum atomic E-state index is -0.634. The molecule has 0 N–H and O–H groups in total. The van der Waals surface area contributed by atoms with Crippen LogP contribution in [0.25, 0.3) is 0 Å². The Morgan fingerprint density at radius 2 is 1.36 bits per heavy atom. The van der Waals surface area contributed by atoms with Crippen molar-refractivity contribution in [1.82, 2.24) is 0 Å². The third-order valence-corrected chi connectivity index (χ3v) is 6.49. The summed E-state index contributed by atoms with van der Waals surface area (Å²) in [6.45, 7) is 3.96. The topological polar surface area (TPSA) is 61.6 Å². The fourth-order valence-electron chi connectivity index (χ4n) is 4.62. The molecule has 5 nitrogen and oxygen atoms in total. The number of ether oxygens (including phenoxy) is 2. The molecule has 1 aliphatic heterocycles. The average molecular weight is 466 g/mol. The zero-order valence-electron chi connectivity index (χ0n) is 18.8. The number of benzene rings is 3. The van der Waals surface area contributed by atoms with Gasteiger partial charge in [0, 0.05) is 15.5 Å². The van der Waals surface area contributed by atoms with Crippen LogP contribution in [0.2, 0.25) is 5.02 Å².